The summed E-state index contributed by atoms with van der Waals surface area (Å²) >= 11 is 0. The van der Waals surface area contributed by atoms with Crippen LogP contribution in [0.3, 0.4) is 0 Å². The molecule has 44 heavy (non-hydrogen) atoms. The Balaban J connectivity index is 1.37. The van der Waals surface area contributed by atoms with Crippen molar-refractivity contribution in [2.75, 3.05) is 19.6 Å². The first-order chi connectivity index (χ1) is 21.1. The quantitative estimate of drug-likeness (QED) is 0.227. The molecule has 0 unspecified atom stereocenters. The molecule has 0 N–H and O–H groups in total. The molecule has 2 saturated carbocycles. The Labute approximate surface area is 258 Å². The van der Waals surface area contributed by atoms with Crippen LogP contribution in [0.15, 0.2) is 41.2 Å². The molecule has 2 aliphatic heterocycles. The van der Waals surface area contributed by atoms with Crippen molar-refractivity contribution in [1.82, 2.24) is 9.80 Å². The van der Waals surface area contributed by atoms with Gasteiger partial charge in [0.05, 0.1) is 30.0 Å². The standard InChI is InChI=1S/C35H42N2O7/c1-21(2)18-37(30(40)10-7-25-12-16-41-20-25)27-11-13-35(44-23(4)39)29-17-26-8-9-28(42-22(3)38)32-31(26)34(35,33(27)43-32)14-15-36(29)19-24-5-6-24/h7-10,12,16,20-21,24,27,29,33H,5-6,11,13-15,17-19H2,1-4H3/b10-7+/t27-,29+,33-,34-,35+/m0/s1. The van der Waals surface area contributed by atoms with E-state index in [4.69, 9.17) is 18.6 Å². The van der Waals surface area contributed by atoms with Gasteiger partial charge in [0, 0.05) is 44.1 Å². The fraction of sp³-hybridized carbons (Fsp3) is 0.571. The van der Waals surface area contributed by atoms with E-state index in [9.17, 15) is 14.4 Å². The number of rotatable bonds is 9. The van der Waals surface area contributed by atoms with Gasteiger partial charge in [0.2, 0.25) is 5.91 Å². The number of carbonyl (C=O) groups excluding carboxylic acids is 3. The smallest absolute Gasteiger partial charge is 0.308 e. The van der Waals surface area contributed by atoms with E-state index in [1.807, 2.05) is 17.0 Å². The summed E-state index contributed by atoms with van der Waals surface area (Å²) in [4.78, 5) is 43.7. The molecule has 1 saturated heterocycles. The molecule has 234 valence electrons. The van der Waals surface area contributed by atoms with Crippen LogP contribution in [0.1, 0.15) is 76.5 Å². The number of furan rings is 1. The van der Waals surface area contributed by atoms with Crippen molar-refractivity contribution in [3.63, 3.8) is 0 Å². The summed E-state index contributed by atoms with van der Waals surface area (Å²) < 4.78 is 24.5. The Hall–Kier alpha value is -3.59. The lowest BCUT2D eigenvalue weighted by Crippen LogP contribution is -2.79. The number of likely N-dealkylation sites (tertiary alicyclic amines) is 1. The monoisotopic (exact) mass is 602 g/mol. The van der Waals surface area contributed by atoms with Gasteiger partial charge in [0.1, 0.15) is 11.7 Å². The Bertz CT molecular complexity index is 1490. The second kappa shape index (κ2) is 10.8. The zero-order valence-corrected chi connectivity index (χ0v) is 26.0. The Morgan fingerprint density at radius 3 is 2.61 bits per heavy atom. The van der Waals surface area contributed by atoms with Gasteiger partial charge in [-0.25, -0.2) is 0 Å². The van der Waals surface area contributed by atoms with Gasteiger partial charge < -0.3 is 23.5 Å². The van der Waals surface area contributed by atoms with Crippen molar-refractivity contribution in [1.29, 1.82) is 0 Å². The van der Waals surface area contributed by atoms with Gasteiger partial charge >= 0.3 is 11.9 Å². The normalized spacial score (nSPS) is 30.2. The Kier molecular flexibility index (Phi) is 7.15. The van der Waals surface area contributed by atoms with Crippen LogP contribution in [-0.2, 0) is 31.0 Å². The summed E-state index contributed by atoms with van der Waals surface area (Å²) in [5, 5.41) is 0. The Morgan fingerprint density at radius 1 is 1.11 bits per heavy atom. The van der Waals surface area contributed by atoms with Crippen LogP contribution in [0.4, 0.5) is 0 Å². The van der Waals surface area contributed by atoms with Crippen LogP contribution in [0.5, 0.6) is 11.5 Å². The van der Waals surface area contributed by atoms with Crippen LogP contribution in [0.2, 0.25) is 0 Å². The van der Waals surface area contributed by atoms with E-state index in [0.29, 0.717) is 36.8 Å². The minimum atomic E-state index is -0.820. The van der Waals surface area contributed by atoms with Crippen molar-refractivity contribution >= 4 is 23.9 Å². The predicted molar refractivity (Wildman–Crippen MR) is 162 cm³/mol. The highest BCUT2D eigenvalue weighted by Gasteiger charge is 2.76. The lowest BCUT2D eigenvalue weighted by atomic mass is 9.48. The van der Waals surface area contributed by atoms with Crippen molar-refractivity contribution in [2.45, 2.75) is 95.4 Å². The van der Waals surface area contributed by atoms with Crippen LogP contribution in [0, 0.1) is 11.8 Å². The number of nitrogens with zero attached hydrogens (tertiary/aromatic N) is 2. The number of esters is 2. The first kappa shape index (κ1) is 29.1. The number of hydrogen-bond donors (Lipinski definition) is 0. The fourth-order valence-electron chi connectivity index (χ4n) is 8.85. The molecule has 1 aromatic heterocycles. The van der Waals surface area contributed by atoms with Crippen molar-refractivity contribution in [3.8, 4) is 11.5 Å². The summed E-state index contributed by atoms with van der Waals surface area (Å²) in [6, 6.07) is 5.44. The maximum absolute atomic E-state index is 14.0. The molecule has 2 bridgehead atoms. The van der Waals surface area contributed by atoms with E-state index in [-0.39, 0.29) is 29.9 Å². The zero-order valence-electron chi connectivity index (χ0n) is 26.0. The minimum Gasteiger partial charge on any atom is -0.483 e. The lowest BCUT2D eigenvalue weighted by Gasteiger charge is -2.65. The highest BCUT2D eigenvalue weighted by molar-refractivity contribution is 5.92. The van der Waals surface area contributed by atoms with Crippen molar-refractivity contribution in [2.24, 2.45) is 11.8 Å². The molecular weight excluding hydrogens is 560 g/mol. The summed E-state index contributed by atoms with van der Waals surface area (Å²) in [5.74, 6) is 1.03. The highest BCUT2D eigenvalue weighted by atomic mass is 16.6. The molecule has 0 radical (unpaired) electrons. The topological polar surface area (TPSA) is 98.5 Å². The largest absolute Gasteiger partial charge is 0.483 e. The number of benzene rings is 1. The van der Waals surface area contributed by atoms with Gasteiger partial charge in [-0.05, 0) is 80.7 Å². The maximum Gasteiger partial charge on any atom is 0.308 e. The first-order valence-electron chi connectivity index (χ1n) is 16.1. The molecule has 9 heteroatoms. The number of ether oxygens (including phenoxy) is 3. The number of carbonyl (C=O) groups is 3. The molecule has 5 atom stereocenters. The molecular formula is C35H42N2O7. The number of amides is 1. The van der Waals surface area contributed by atoms with Gasteiger partial charge in [-0.15, -0.1) is 0 Å². The fourth-order valence-corrected chi connectivity index (χ4v) is 8.85. The maximum atomic E-state index is 14.0. The van der Waals surface area contributed by atoms with Gasteiger partial charge in [-0.1, -0.05) is 19.9 Å². The second-order valence-electron chi connectivity index (χ2n) is 13.8. The van der Waals surface area contributed by atoms with Gasteiger partial charge in [0.15, 0.2) is 11.5 Å². The zero-order chi connectivity index (χ0) is 30.8. The van der Waals surface area contributed by atoms with Crippen molar-refractivity contribution in [3.05, 3.63) is 53.5 Å². The third-order valence-electron chi connectivity index (χ3n) is 10.5. The molecule has 3 fully saturated rings. The molecule has 1 amide bonds. The van der Waals surface area contributed by atoms with Crippen LogP contribution in [-0.4, -0.2) is 71.1 Å². The van der Waals surface area contributed by atoms with E-state index < -0.39 is 23.1 Å². The number of hydrogen-bond acceptors (Lipinski definition) is 8. The minimum absolute atomic E-state index is 0.000984. The predicted octanol–water partition coefficient (Wildman–Crippen LogP) is 4.91. The SMILES string of the molecule is CC(=O)Oc1ccc2c3c1O[C@H]1[C@@H](N(CC(C)C)C(=O)/C=C/c4ccoc4)CC[C@@]4(OC(C)=O)[C@@H](C2)N(CC2CC2)CC[C@]314. The van der Waals surface area contributed by atoms with E-state index in [0.717, 1.165) is 42.6 Å². The molecule has 3 heterocycles. The van der Waals surface area contributed by atoms with E-state index in [1.165, 1.54) is 26.7 Å². The van der Waals surface area contributed by atoms with Gasteiger partial charge in [0.25, 0.3) is 0 Å². The molecule has 1 spiro atoms. The first-order valence-corrected chi connectivity index (χ1v) is 16.1. The highest BCUT2D eigenvalue weighted by Crippen LogP contribution is 2.67. The van der Waals surface area contributed by atoms with Crippen LogP contribution in [0.25, 0.3) is 6.08 Å². The van der Waals surface area contributed by atoms with Crippen LogP contribution >= 0.6 is 0 Å². The van der Waals surface area contributed by atoms with E-state index in [2.05, 4.69) is 24.8 Å². The second-order valence-corrected chi connectivity index (χ2v) is 13.8. The summed E-state index contributed by atoms with van der Waals surface area (Å²) in [7, 11) is 0. The summed E-state index contributed by atoms with van der Waals surface area (Å²) in [6.45, 7) is 9.52. The Morgan fingerprint density at radius 2 is 1.93 bits per heavy atom. The van der Waals surface area contributed by atoms with Crippen molar-refractivity contribution < 1.29 is 33.0 Å². The third-order valence-corrected chi connectivity index (χ3v) is 10.5. The molecule has 3 aliphatic carbocycles. The molecule has 2 aromatic rings. The average Bonchev–Trinajstić information content (AvgIpc) is 3.48. The average molecular weight is 603 g/mol. The third kappa shape index (κ3) is 4.57. The van der Waals surface area contributed by atoms with E-state index in [1.54, 1.807) is 24.7 Å². The summed E-state index contributed by atoms with van der Waals surface area (Å²) in [5.41, 5.74) is 1.46. The molecule has 9 nitrogen and oxygen atoms in total. The molecule has 7 rings (SSSR count). The van der Waals surface area contributed by atoms with E-state index >= 15 is 0 Å². The van der Waals surface area contributed by atoms with Gasteiger partial charge in [-0.2, -0.15) is 0 Å². The van der Waals surface area contributed by atoms with Crippen LogP contribution < -0.4 is 9.47 Å². The number of piperidine rings is 1. The lowest BCUT2D eigenvalue weighted by molar-refractivity contribution is -0.224. The summed E-state index contributed by atoms with van der Waals surface area (Å²) in [6.07, 6.45) is 11.3. The van der Waals surface area contributed by atoms with Gasteiger partial charge in [-0.3, -0.25) is 19.3 Å². The molecule has 1 aromatic carbocycles. The molecule has 5 aliphatic rings.